The summed E-state index contributed by atoms with van der Waals surface area (Å²) in [7, 11) is 0. The minimum Gasteiger partial charge on any atom is -0.454 e. The average Bonchev–Trinajstić information content (AvgIpc) is 1.47. The van der Waals surface area contributed by atoms with Crippen LogP contribution >= 0.6 is 0 Å². The molecule has 0 aliphatic heterocycles. The highest BCUT2D eigenvalue weighted by Crippen LogP contribution is 2.55. The maximum Gasteiger partial charge on any atom is 0.159 e. The van der Waals surface area contributed by atoms with Gasteiger partial charge in [0.25, 0.3) is 0 Å². The van der Waals surface area contributed by atoms with Crippen molar-refractivity contribution < 1.29 is 8.83 Å². The summed E-state index contributed by atoms with van der Waals surface area (Å²) >= 11 is 0. The van der Waals surface area contributed by atoms with Crippen molar-refractivity contribution in [3.8, 4) is 44.5 Å². The summed E-state index contributed by atoms with van der Waals surface area (Å²) in [5.41, 5.74) is 26.2. The molecule has 0 aliphatic carbocycles. The molecule has 0 saturated heterocycles. The fraction of sp³-hybridized carbons (Fsp3) is 0. The summed E-state index contributed by atoms with van der Waals surface area (Å²) in [6, 6.07) is 119. The molecule has 0 saturated carbocycles. The smallest absolute Gasteiger partial charge is 0.159 e. The fourth-order valence-electron chi connectivity index (χ4n) is 16.3. The van der Waals surface area contributed by atoms with E-state index in [1.807, 2.05) is 12.1 Å². The van der Waals surface area contributed by atoms with Gasteiger partial charge in [0.2, 0.25) is 0 Å². The summed E-state index contributed by atoms with van der Waals surface area (Å²) in [5, 5.41) is 14.3. The van der Waals surface area contributed by atoms with Crippen LogP contribution in [0.4, 0.5) is 34.1 Å². The normalized spacial score (nSPS) is 12.2. The lowest BCUT2D eigenvalue weighted by molar-refractivity contribution is 0.668. The van der Waals surface area contributed by atoms with E-state index in [0.29, 0.717) is 0 Å². The molecule has 0 spiro atoms. The Hall–Kier alpha value is -12.9. The van der Waals surface area contributed by atoms with Gasteiger partial charge in [-0.2, -0.15) is 0 Å². The molecule has 446 valence electrons. The molecule has 0 unspecified atom stereocenters. The summed E-state index contributed by atoms with van der Waals surface area (Å²) in [5.74, 6) is 0. The van der Waals surface area contributed by atoms with Gasteiger partial charge >= 0.3 is 0 Å². The first-order valence-electron chi connectivity index (χ1n) is 32.9. The van der Waals surface area contributed by atoms with Crippen molar-refractivity contribution in [3.63, 3.8) is 0 Å². The Morgan fingerprint density at radius 2 is 0.552 bits per heavy atom. The van der Waals surface area contributed by atoms with Crippen LogP contribution in [0.3, 0.4) is 0 Å². The number of furan rings is 2. The minimum absolute atomic E-state index is 0.860. The summed E-state index contributed by atoms with van der Waals surface area (Å²) < 4.78 is 18.6. The molecule has 21 rings (SSSR count). The van der Waals surface area contributed by atoms with Gasteiger partial charge in [-0.1, -0.05) is 243 Å². The first-order valence-corrected chi connectivity index (χ1v) is 32.9. The topological polar surface area (TPSA) is 41.6 Å². The lowest BCUT2D eigenvalue weighted by Crippen LogP contribution is -2.10. The van der Waals surface area contributed by atoms with Crippen LogP contribution in [0.2, 0.25) is 0 Å². The van der Waals surface area contributed by atoms with Crippen LogP contribution in [-0.2, 0) is 0 Å². The standard InChI is InChI=1S/C90H54N4O2/c1-5-21-57(22-6-1)81-83-73-35-17-31-69-66-52-46-60(56-43-49-64(50-44-56)92(62-27-11-4-12-28-62)76-38-20-34-72-68-30-14-16-40-80(68)96-90(72)76)54-78(66)94(85(69)73)88(83)82(58-23-7-2-8-24-58)84-74-36-18-32-70-65-51-45-59(53-77(65)93(86(70)74)87(81)84)55-41-47-63(48-42-55)91(61-25-9-3-10-26-61)75-37-19-33-71-67-29-13-15-39-79(67)95-89(71)75/h1-54H. The molecule has 6 nitrogen and oxygen atoms in total. The number of hydrogen-bond acceptors (Lipinski definition) is 4. The molecule has 15 aromatic carbocycles. The van der Waals surface area contributed by atoms with E-state index < -0.39 is 0 Å². The summed E-state index contributed by atoms with van der Waals surface area (Å²) in [6.45, 7) is 0. The largest absolute Gasteiger partial charge is 0.454 e. The van der Waals surface area contributed by atoms with Crippen molar-refractivity contribution in [1.29, 1.82) is 0 Å². The van der Waals surface area contributed by atoms with Gasteiger partial charge in [0.15, 0.2) is 11.2 Å². The minimum atomic E-state index is 0.860. The molecule has 0 radical (unpaired) electrons. The molecule has 0 atom stereocenters. The summed E-state index contributed by atoms with van der Waals surface area (Å²) in [4.78, 5) is 4.63. The highest BCUT2D eigenvalue weighted by molar-refractivity contribution is 6.38. The van der Waals surface area contributed by atoms with Crippen molar-refractivity contribution in [3.05, 3.63) is 328 Å². The van der Waals surface area contributed by atoms with E-state index in [-0.39, 0.29) is 0 Å². The van der Waals surface area contributed by atoms with Crippen LogP contribution in [0.15, 0.2) is 336 Å². The Bertz CT molecular complexity index is 6260. The third-order valence-corrected chi connectivity index (χ3v) is 20.3. The Balaban J connectivity index is 0.770. The number of anilines is 6. The molecule has 96 heavy (non-hydrogen) atoms. The van der Waals surface area contributed by atoms with Crippen LogP contribution in [0.25, 0.3) is 165 Å². The monoisotopic (exact) mass is 1220 g/mol. The fourth-order valence-corrected chi connectivity index (χ4v) is 16.3. The van der Waals surface area contributed by atoms with Gasteiger partial charge in [-0.3, -0.25) is 0 Å². The van der Waals surface area contributed by atoms with Crippen LogP contribution in [0.5, 0.6) is 0 Å². The number of fused-ring (bicyclic) bond motifs is 18. The summed E-state index contributed by atoms with van der Waals surface area (Å²) in [6.07, 6.45) is 0. The average molecular weight is 1220 g/mol. The molecule has 6 heteroatoms. The molecule has 0 bridgehead atoms. The van der Waals surface area contributed by atoms with Gasteiger partial charge in [0, 0.05) is 98.5 Å². The molecule has 21 aromatic rings. The zero-order valence-corrected chi connectivity index (χ0v) is 51.8. The SMILES string of the molecule is c1ccc(-c2c3c4cccc5c6ccc(-c7ccc(N(c8ccccc8)c8cccc9c8oc8ccccc89)cc7)cc6n(c3c(-c3ccccc3)c3c6cccc7c8ccc(-c9ccc(N(c%10ccccc%10)c%10cccc%11c%10oc%10ccccc%10%11)cc9)cc8n(c23)c76)c54)cc1. The van der Waals surface area contributed by atoms with Gasteiger partial charge in [-0.15, -0.1) is 0 Å². The van der Waals surface area contributed by atoms with Crippen molar-refractivity contribution in [1.82, 2.24) is 8.80 Å². The van der Waals surface area contributed by atoms with E-state index in [2.05, 4.69) is 334 Å². The number of rotatable bonds is 10. The number of benzene rings is 15. The van der Waals surface area contributed by atoms with E-state index in [9.17, 15) is 0 Å². The van der Waals surface area contributed by atoms with Gasteiger partial charge in [-0.25, -0.2) is 0 Å². The second-order valence-electron chi connectivity index (χ2n) is 25.4. The van der Waals surface area contributed by atoms with Gasteiger partial charge in [0.1, 0.15) is 11.2 Å². The lowest BCUT2D eigenvalue weighted by Gasteiger charge is -2.25. The van der Waals surface area contributed by atoms with Gasteiger partial charge in [-0.05, 0) is 118 Å². The van der Waals surface area contributed by atoms with Crippen LogP contribution < -0.4 is 9.80 Å². The highest BCUT2D eigenvalue weighted by Gasteiger charge is 2.31. The van der Waals surface area contributed by atoms with E-state index in [1.165, 1.54) is 98.4 Å². The predicted octanol–water partition coefficient (Wildman–Crippen LogP) is 25.4. The molecular weight excluding hydrogens is 1170 g/mol. The van der Waals surface area contributed by atoms with Crippen molar-refractivity contribution >= 4 is 154 Å². The Labute approximate surface area is 550 Å². The van der Waals surface area contributed by atoms with Crippen LogP contribution in [-0.4, -0.2) is 8.80 Å². The second-order valence-corrected chi connectivity index (χ2v) is 25.4. The first-order chi connectivity index (χ1) is 47.7. The maximum atomic E-state index is 6.67. The highest BCUT2D eigenvalue weighted by atomic mass is 16.3. The van der Waals surface area contributed by atoms with E-state index >= 15 is 0 Å². The molecule has 0 N–H and O–H groups in total. The third kappa shape index (κ3) is 7.52. The number of hydrogen-bond donors (Lipinski definition) is 0. The number of para-hydroxylation sites is 8. The lowest BCUT2D eigenvalue weighted by atomic mass is 9.89. The molecular formula is C90H54N4O2. The maximum absolute atomic E-state index is 6.67. The zero-order valence-electron chi connectivity index (χ0n) is 51.8. The van der Waals surface area contributed by atoms with Crippen molar-refractivity contribution in [2.45, 2.75) is 0 Å². The number of aromatic nitrogens is 2. The Morgan fingerprint density at radius 3 is 0.979 bits per heavy atom. The van der Waals surface area contributed by atoms with Crippen LogP contribution in [0, 0.1) is 0 Å². The molecule has 0 fully saturated rings. The molecule has 0 amide bonds. The Morgan fingerprint density at radius 1 is 0.219 bits per heavy atom. The van der Waals surface area contributed by atoms with E-state index in [1.54, 1.807) is 0 Å². The Kier molecular flexibility index (Phi) is 11.1. The molecule has 6 heterocycles. The third-order valence-electron chi connectivity index (χ3n) is 20.3. The quantitative estimate of drug-likeness (QED) is 0.137. The van der Waals surface area contributed by atoms with Gasteiger partial charge in [0.05, 0.1) is 44.5 Å². The second kappa shape index (κ2) is 20.3. The van der Waals surface area contributed by atoms with E-state index in [4.69, 9.17) is 8.83 Å². The molecule has 0 aliphatic rings. The van der Waals surface area contributed by atoms with E-state index in [0.717, 1.165) is 100 Å². The van der Waals surface area contributed by atoms with Gasteiger partial charge < -0.3 is 27.4 Å². The van der Waals surface area contributed by atoms with Crippen molar-refractivity contribution in [2.75, 3.05) is 9.80 Å². The first kappa shape index (κ1) is 52.7. The van der Waals surface area contributed by atoms with Crippen molar-refractivity contribution in [2.24, 2.45) is 0 Å². The predicted molar refractivity (Wildman–Crippen MR) is 401 cm³/mol. The van der Waals surface area contributed by atoms with Crippen LogP contribution in [0.1, 0.15) is 0 Å². The molecule has 6 aromatic heterocycles. The zero-order chi connectivity index (χ0) is 62.7. The number of nitrogens with zero attached hydrogens (tertiary/aromatic N) is 4.